The van der Waals surface area contributed by atoms with Crippen molar-refractivity contribution in [2.24, 2.45) is 10.8 Å². The van der Waals surface area contributed by atoms with Crippen molar-refractivity contribution in [1.29, 1.82) is 5.26 Å². The van der Waals surface area contributed by atoms with Crippen LogP contribution in [-0.2, 0) is 5.41 Å². The molecule has 2 saturated heterocycles. The van der Waals surface area contributed by atoms with Crippen LogP contribution in [0.25, 0.3) is 16.7 Å². The van der Waals surface area contributed by atoms with E-state index in [1.54, 1.807) is 12.5 Å². The minimum Gasteiger partial charge on any atom is -0.390 e. The molecule has 1 N–H and O–H groups in total. The molecule has 33 heavy (non-hydrogen) atoms. The first-order valence-corrected chi connectivity index (χ1v) is 11.8. The lowest BCUT2D eigenvalue weighted by Gasteiger charge is -2.45. The second-order valence-corrected chi connectivity index (χ2v) is 11.5. The lowest BCUT2D eigenvalue weighted by molar-refractivity contribution is -0.0754. The molecule has 2 bridgehead atoms. The highest BCUT2D eigenvalue weighted by molar-refractivity contribution is 5.80. The van der Waals surface area contributed by atoms with Crippen LogP contribution < -0.4 is 4.90 Å². The third-order valence-electron chi connectivity index (χ3n) is 9.08. The molecule has 0 amide bonds. The SMILES string of the molecule is CC(C)(O)C12CC(C1)N(c1cc(-n3ncc4cnc(C5(C#N)CC6(CC6)C5)cc43)ncn1)C2. The van der Waals surface area contributed by atoms with Crippen LogP contribution in [0, 0.1) is 22.2 Å². The fourth-order valence-corrected chi connectivity index (χ4v) is 6.66. The summed E-state index contributed by atoms with van der Waals surface area (Å²) in [5, 5.41) is 26.2. The van der Waals surface area contributed by atoms with E-state index in [2.05, 4.69) is 31.0 Å². The largest absolute Gasteiger partial charge is 0.390 e. The maximum atomic E-state index is 10.7. The Morgan fingerprint density at radius 2 is 1.85 bits per heavy atom. The summed E-state index contributed by atoms with van der Waals surface area (Å²) >= 11 is 0. The van der Waals surface area contributed by atoms with Crippen molar-refractivity contribution in [1.82, 2.24) is 24.7 Å². The van der Waals surface area contributed by atoms with Crippen LogP contribution in [0.1, 0.15) is 58.1 Å². The first-order valence-electron chi connectivity index (χ1n) is 11.8. The van der Waals surface area contributed by atoms with E-state index in [4.69, 9.17) is 0 Å². The van der Waals surface area contributed by atoms with Crippen molar-refractivity contribution >= 4 is 16.7 Å². The van der Waals surface area contributed by atoms with E-state index in [0.29, 0.717) is 17.3 Å². The first-order chi connectivity index (χ1) is 15.8. The zero-order valence-electron chi connectivity index (χ0n) is 19.0. The molecule has 0 radical (unpaired) electrons. The van der Waals surface area contributed by atoms with Gasteiger partial charge in [-0.3, -0.25) is 4.98 Å². The maximum absolute atomic E-state index is 10.7. The third kappa shape index (κ3) is 2.54. The summed E-state index contributed by atoms with van der Waals surface area (Å²) in [6, 6.07) is 6.99. The minimum absolute atomic E-state index is 0.0605. The monoisotopic (exact) mass is 441 g/mol. The molecule has 1 spiro atoms. The number of hydrogen-bond donors (Lipinski definition) is 1. The van der Waals surface area contributed by atoms with E-state index in [9.17, 15) is 10.4 Å². The normalized spacial score (nSPS) is 28.4. The van der Waals surface area contributed by atoms with Gasteiger partial charge in [0.25, 0.3) is 0 Å². The Bertz CT molecular complexity index is 1330. The van der Waals surface area contributed by atoms with Crippen LogP contribution in [0.15, 0.2) is 30.9 Å². The highest BCUT2D eigenvalue weighted by Gasteiger charge is 2.63. The molecule has 0 atom stereocenters. The summed E-state index contributed by atoms with van der Waals surface area (Å²) < 4.78 is 1.83. The number of hydrogen-bond acceptors (Lipinski definition) is 7. The van der Waals surface area contributed by atoms with Gasteiger partial charge in [0.2, 0.25) is 0 Å². The van der Waals surface area contributed by atoms with Gasteiger partial charge in [0.15, 0.2) is 5.82 Å². The first kappa shape index (κ1) is 19.4. The fourth-order valence-electron chi connectivity index (χ4n) is 6.66. The van der Waals surface area contributed by atoms with E-state index in [0.717, 1.165) is 54.6 Å². The van der Waals surface area contributed by atoms with Gasteiger partial charge in [-0.05, 0) is 63.9 Å². The average molecular weight is 442 g/mol. The van der Waals surface area contributed by atoms with Crippen molar-refractivity contribution in [3.63, 3.8) is 0 Å². The Labute approximate surface area is 192 Å². The third-order valence-corrected chi connectivity index (χ3v) is 9.08. The zero-order chi connectivity index (χ0) is 22.6. The summed E-state index contributed by atoms with van der Waals surface area (Å²) in [4.78, 5) is 16.0. The van der Waals surface area contributed by atoms with Gasteiger partial charge in [-0.25, -0.2) is 14.6 Å². The molecule has 3 aromatic heterocycles. The molecule has 3 aliphatic carbocycles. The molecule has 0 unspecified atom stereocenters. The molecule has 5 aliphatic rings. The fraction of sp³-hybridized carbons (Fsp3) is 0.560. The molecular formula is C25H27N7O. The quantitative estimate of drug-likeness (QED) is 0.662. The van der Waals surface area contributed by atoms with E-state index >= 15 is 0 Å². The molecule has 168 valence electrons. The second-order valence-electron chi connectivity index (χ2n) is 11.5. The van der Waals surface area contributed by atoms with Crippen LogP contribution in [0.4, 0.5) is 5.82 Å². The molecule has 8 rings (SSSR count). The van der Waals surface area contributed by atoms with Gasteiger partial charge < -0.3 is 10.0 Å². The number of nitriles is 1. The van der Waals surface area contributed by atoms with Crippen molar-refractivity contribution in [3.05, 3.63) is 36.5 Å². The summed E-state index contributed by atoms with van der Waals surface area (Å²) in [5.41, 5.74) is 0.930. The van der Waals surface area contributed by atoms with Gasteiger partial charge in [-0.1, -0.05) is 0 Å². The molecule has 2 aliphatic heterocycles. The van der Waals surface area contributed by atoms with E-state index in [1.807, 2.05) is 36.9 Å². The van der Waals surface area contributed by atoms with E-state index in [-0.39, 0.29) is 5.41 Å². The predicted molar refractivity (Wildman–Crippen MR) is 122 cm³/mol. The molecule has 3 aromatic rings. The van der Waals surface area contributed by atoms with Gasteiger partial charge in [0, 0.05) is 35.7 Å². The Balaban J connectivity index is 1.24. The van der Waals surface area contributed by atoms with Crippen molar-refractivity contribution in [2.45, 2.75) is 69.4 Å². The smallest absolute Gasteiger partial charge is 0.159 e. The molecule has 3 saturated carbocycles. The van der Waals surface area contributed by atoms with Gasteiger partial charge in [-0.15, -0.1) is 0 Å². The average Bonchev–Trinajstić information content (AvgIpc) is 3.11. The molecule has 0 aromatic carbocycles. The van der Waals surface area contributed by atoms with Crippen LogP contribution in [0.2, 0.25) is 0 Å². The van der Waals surface area contributed by atoms with E-state index < -0.39 is 11.0 Å². The van der Waals surface area contributed by atoms with Crippen molar-refractivity contribution in [2.75, 3.05) is 11.4 Å². The number of fused-ring (bicyclic) bond motifs is 2. The van der Waals surface area contributed by atoms with Crippen LogP contribution >= 0.6 is 0 Å². The van der Waals surface area contributed by atoms with Crippen molar-refractivity contribution in [3.8, 4) is 11.9 Å². The molecule has 5 heterocycles. The minimum atomic E-state index is -0.701. The number of aromatic nitrogens is 5. The Hall–Kier alpha value is -3.05. The molecule has 5 fully saturated rings. The highest BCUT2D eigenvalue weighted by atomic mass is 16.3. The van der Waals surface area contributed by atoms with Crippen LogP contribution in [0.5, 0.6) is 0 Å². The molecular weight excluding hydrogens is 414 g/mol. The number of aliphatic hydroxyl groups is 1. The number of nitrogens with zero attached hydrogens (tertiary/aromatic N) is 7. The van der Waals surface area contributed by atoms with Gasteiger partial charge in [0.1, 0.15) is 17.6 Å². The second kappa shape index (κ2) is 5.89. The lowest BCUT2D eigenvalue weighted by atomic mass is 9.58. The number of rotatable bonds is 4. The summed E-state index contributed by atoms with van der Waals surface area (Å²) in [5.74, 6) is 1.57. The molecule has 8 nitrogen and oxygen atoms in total. The highest BCUT2D eigenvalue weighted by Crippen LogP contribution is 2.68. The van der Waals surface area contributed by atoms with Gasteiger partial charge >= 0.3 is 0 Å². The maximum Gasteiger partial charge on any atom is 0.159 e. The van der Waals surface area contributed by atoms with Crippen LogP contribution in [0.3, 0.4) is 0 Å². The Morgan fingerprint density at radius 1 is 1.09 bits per heavy atom. The zero-order valence-corrected chi connectivity index (χ0v) is 19.0. The number of anilines is 1. The predicted octanol–water partition coefficient (Wildman–Crippen LogP) is 3.29. The van der Waals surface area contributed by atoms with Crippen molar-refractivity contribution < 1.29 is 5.11 Å². The van der Waals surface area contributed by atoms with Gasteiger partial charge in [-0.2, -0.15) is 10.4 Å². The summed E-state index contributed by atoms with van der Waals surface area (Å²) in [6.45, 7) is 4.64. The van der Waals surface area contributed by atoms with Gasteiger partial charge in [0.05, 0.1) is 29.1 Å². The Morgan fingerprint density at radius 3 is 2.52 bits per heavy atom. The summed E-state index contributed by atoms with van der Waals surface area (Å²) in [6.07, 6.45) is 11.5. The molecule has 8 heteroatoms. The van der Waals surface area contributed by atoms with Crippen LogP contribution in [-0.4, -0.2) is 48.0 Å². The Kier molecular flexibility index (Phi) is 3.47. The standard InChI is InChI=1S/C25H27N7O/c1-22(2,33)25-7-17(8-25)31(14-25)20-6-21(29-15-28-20)32-18-5-19(27-9-16(18)10-30-32)24(13-26)11-23(12-24)3-4-23/h5-6,9-10,15,17,33H,3-4,7-8,11-12,14H2,1-2H3. The topological polar surface area (TPSA) is 104 Å². The number of pyridine rings is 1. The lowest BCUT2D eigenvalue weighted by Crippen LogP contribution is -2.50. The van der Waals surface area contributed by atoms with E-state index in [1.165, 1.54) is 12.8 Å². The summed E-state index contributed by atoms with van der Waals surface area (Å²) in [7, 11) is 0.